The maximum absolute atomic E-state index is 13.2. The van der Waals surface area contributed by atoms with Gasteiger partial charge in [0.1, 0.15) is 5.00 Å². The van der Waals surface area contributed by atoms with Crippen molar-refractivity contribution in [3.8, 4) is 0 Å². The number of carbonyl (C=O) groups is 3. The quantitative estimate of drug-likeness (QED) is 0.713. The third kappa shape index (κ3) is 4.53. The summed E-state index contributed by atoms with van der Waals surface area (Å²) in [6.45, 7) is 2.94. The molecule has 6 nitrogen and oxygen atoms in total. The Bertz CT molecular complexity index is 954. The number of aryl methyl sites for hydroxylation is 1. The minimum absolute atomic E-state index is 0.0199. The van der Waals surface area contributed by atoms with Crippen molar-refractivity contribution in [2.75, 3.05) is 17.2 Å². The molecule has 28 heavy (non-hydrogen) atoms. The average molecular weight is 408 g/mol. The first-order valence-corrected chi connectivity index (χ1v) is 9.40. The zero-order chi connectivity index (χ0) is 20.4. The van der Waals surface area contributed by atoms with E-state index in [9.17, 15) is 23.2 Å². The summed E-state index contributed by atoms with van der Waals surface area (Å²) in [6.07, 6.45) is 1.66. The van der Waals surface area contributed by atoms with E-state index in [0.29, 0.717) is 10.6 Å². The molecular weight excluding hydrogens is 390 g/mol. The molecule has 0 aliphatic heterocycles. The number of nitrogens with one attached hydrogen (secondary N) is 2. The van der Waals surface area contributed by atoms with Crippen LogP contribution in [0.2, 0.25) is 0 Å². The molecule has 1 aliphatic rings. The summed E-state index contributed by atoms with van der Waals surface area (Å²) in [5.74, 6) is -3.73. The molecule has 148 valence electrons. The van der Waals surface area contributed by atoms with Crippen molar-refractivity contribution < 1.29 is 27.9 Å². The minimum Gasteiger partial charge on any atom is -0.452 e. The molecule has 0 unspecified atom stereocenters. The number of ether oxygens (including phenoxy) is 1. The van der Waals surface area contributed by atoms with Gasteiger partial charge in [-0.25, -0.2) is 13.6 Å². The van der Waals surface area contributed by atoms with E-state index < -0.39 is 30.1 Å². The summed E-state index contributed by atoms with van der Waals surface area (Å²) in [5.41, 5.74) is 0.930. The highest BCUT2D eigenvalue weighted by Crippen LogP contribution is 2.36. The maximum Gasteiger partial charge on any atom is 0.341 e. The van der Waals surface area contributed by atoms with Gasteiger partial charge in [-0.1, -0.05) is 0 Å². The highest BCUT2D eigenvalue weighted by Gasteiger charge is 2.31. The minimum atomic E-state index is -1.10. The number of esters is 1. The fraction of sp³-hybridized carbons (Fsp3) is 0.316. The van der Waals surface area contributed by atoms with E-state index >= 15 is 0 Å². The second-order valence-corrected chi connectivity index (χ2v) is 7.73. The van der Waals surface area contributed by atoms with Crippen molar-refractivity contribution in [1.82, 2.24) is 0 Å². The summed E-state index contributed by atoms with van der Waals surface area (Å²) < 4.78 is 31.1. The Hall–Kier alpha value is -2.81. The number of amides is 2. The van der Waals surface area contributed by atoms with E-state index in [1.807, 2.05) is 6.92 Å². The second-order valence-electron chi connectivity index (χ2n) is 6.50. The Labute approximate surface area is 163 Å². The first-order chi connectivity index (χ1) is 13.3. The lowest BCUT2D eigenvalue weighted by Gasteiger charge is -2.09. The summed E-state index contributed by atoms with van der Waals surface area (Å²) in [5, 5.41) is 5.47. The topological polar surface area (TPSA) is 84.5 Å². The van der Waals surface area contributed by atoms with Crippen LogP contribution in [-0.4, -0.2) is 24.4 Å². The molecule has 2 aromatic rings. The molecule has 3 rings (SSSR count). The van der Waals surface area contributed by atoms with Gasteiger partial charge in [0.05, 0.1) is 5.56 Å². The van der Waals surface area contributed by atoms with Crippen LogP contribution in [0.15, 0.2) is 18.2 Å². The molecule has 2 amide bonds. The fourth-order valence-electron chi connectivity index (χ4n) is 2.49. The molecule has 0 atom stereocenters. The Morgan fingerprint density at radius 2 is 1.86 bits per heavy atom. The zero-order valence-electron chi connectivity index (χ0n) is 15.2. The van der Waals surface area contributed by atoms with Crippen LogP contribution in [0.4, 0.5) is 19.5 Å². The van der Waals surface area contributed by atoms with Crippen molar-refractivity contribution in [2.45, 2.75) is 26.7 Å². The summed E-state index contributed by atoms with van der Waals surface area (Å²) >= 11 is 1.27. The smallest absolute Gasteiger partial charge is 0.341 e. The molecule has 1 aromatic carbocycles. The lowest BCUT2D eigenvalue weighted by Crippen LogP contribution is -2.22. The standard InChI is InChI=1S/C19H18F2N2O4S/c1-9-10(2)28-18(23-17(25)11-3-4-11)16(9)19(26)27-8-15(24)22-12-5-6-13(20)14(21)7-12/h5-7,11H,3-4,8H2,1-2H3,(H,22,24)(H,23,25). The molecule has 1 aliphatic carbocycles. The van der Waals surface area contributed by atoms with Crippen LogP contribution in [-0.2, 0) is 14.3 Å². The van der Waals surface area contributed by atoms with Gasteiger partial charge in [-0.2, -0.15) is 0 Å². The van der Waals surface area contributed by atoms with E-state index in [4.69, 9.17) is 4.74 Å². The number of anilines is 2. The Morgan fingerprint density at radius 1 is 1.14 bits per heavy atom. The third-order valence-electron chi connectivity index (χ3n) is 4.31. The number of rotatable bonds is 6. The first-order valence-electron chi connectivity index (χ1n) is 8.59. The number of hydrogen-bond acceptors (Lipinski definition) is 5. The van der Waals surface area contributed by atoms with Gasteiger partial charge < -0.3 is 15.4 Å². The number of halogens is 2. The average Bonchev–Trinajstić information content (AvgIpc) is 3.44. The predicted octanol–water partition coefficient (Wildman–Crippen LogP) is 3.79. The van der Waals surface area contributed by atoms with Crippen molar-refractivity contribution in [3.05, 3.63) is 45.8 Å². The van der Waals surface area contributed by atoms with Crippen LogP contribution in [0.3, 0.4) is 0 Å². The number of carbonyl (C=O) groups excluding carboxylic acids is 3. The van der Waals surface area contributed by atoms with Crippen LogP contribution < -0.4 is 10.6 Å². The summed E-state index contributed by atoms with van der Waals surface area (Å²) in [4.78, 5) is 37.3. The Balaban J connectivity index is 1.63. The van der Waals surface area contributed by atoms with Crippen LogP contribution >= 0.6 is 11.3 Å². The fourth-order valence-corrected chi connectivity index (χ4v) is 3.55. The molecule has 0 spiro atoms. The highest BCUT2D eigenvalue weighted by molar-refractivity contribution is 7.16. The van der Waals surface area contributed by atoms with Gasteiger partial charge in [-0.15, -0.1) is 11.3 Å². The Morgan fingerprint density at radius 3 is 2.50 bits per heavy atom. The van der Waals surface area contributed by atoms with Gasteiger partial charge >= 0.3 is 5.97 Å². The summed E-state index contributed by atoms with van der Waals surface area (Å²) in [7, 11) is 0. The number of benzene rings is 1. The van der Waals surface area contributed by atoms with Crippen molar-refractivity contribution in [1.29, 1.82) is 0 Å². The number of hydrogen-bond donors (Lipinski definition) is 2. The molecule has 9 heteroatoms. The molecule has 1 aromatic heterocycles. The van der Waals surface area contributed by atoms with E-state index in [0.717, 1.165) is 29.9 Å². The molecule has 0 saturated heterocycles. The highest BCUT2D eigenvalue weighted by atomic mass is 32.1. The van der Waals surface area contributed by atoms with Crippen molar-refractivity contribution in [3.63, 3.8) is 0 Å². The van der Waals surface area contributed by atoms with Gasteiger partial charge in [0.2, 0.25) is 5.91 Å². The predicted molar refractivity (Wildman–Crippen MR) is 100 cm³/mol. The van der Waals surface area contributed by atoms with Gasteiger partial charge in [0, 0.05) is 22.5 Å². The molecule has 1 fully saturated rings. The van der Waals surface area contributed by atoms with Gasteiger partial charge in [-0.3, -0.25) is 9.59 Å². The molecular formula is C19H18F2N2O4S. The molecule has 2 N–H and O–H groups in total. The van der Waals surface area contributed by atoms with Crippen LogP contribution in [0.1, 0.15) is 33.6 Å². The van der Waals surface area contributed by atoms with Gasteiger partial charge in [-0.05, 0) is 44.4 Å². The van der Waals surface area contributed by atoms with Gasteiger partial charge in [0.25, 0.3) is 5.91 Å². The van der Waals surface area contributed by atoms with E-state index in [1.165, 1.54) is 17.4 Å². The molecule has 0 bridgehead atoms. The van der Waals surface area contributed by atoms with E-state index in [1.54, 1.807) is 6.92 Å². The largest absolute Gasteiger partial charge is 0.452 e. The lowest BCUT2D eigenvalue weighted by atomic mass is 10.1. The first kappa shape index (κ1) is 19.9. The SMILES string of the molecule is Cc1sc(NC(=O)C2CC2)c(C(=O)OCC(=O)Nc2ccc(F)c(F)c2)c1C. The second kappa shape index (κ2) is 8.05. The lowest BCUT2D eigenvalue weighted by molar-refractivity contribution is -0.119. The van der Waals surface area contributed by atoms with Crippen LogP contribution in [0, 0.1) is 31.4 Å². The van der Waals surface area contributed by atoms with E-state index in [-0.39, 0.29) is 23.1 Å². The zero-order valence-corrected chi connectivity index (χ0v) is 16.0. The number of thiophene rings is 1. The van der Waals surface area contributed by atoms with Gasteiger partial charge in [0.15, 0.2) is 18.2 Å². The van der Waals surface area contributed by atoms with Crippen LogP contribution in [0.5, 0.6) is 0 Å². The molecule has 1 heterocycles. The molecule has 1 saturated carbocycles. The normalized spacial score (nSPS) is 13.1. The molecule has 0 radical (unpaired) electrons. The third-order valence-corrected chi connectivity index (χ3v) is 5.43. The van der Waals surface area contributed by atoms with E-state index in [2.05, 4.69) is 10.6 Å². The van der Waals surface area contributed by atoms with Crippen LogP contribution in [0.25, 0.3) is 0 Å². The van der Waals surface area contributed by atoms with Crippen molar-refractivity contribution >= 4 is 39.8 Å². The maximum atomic E-state index is 13.2. The van der Waals surface area contributed by atoms with Crippen molar-refractivity contribution in [2.24, 2.45) is 5.92 Å². The Kier molecular flexibility index (Phi) is 5.73. The monoisotopic (exact) mass is 408 g/mol. The summed E-state index contributed by atoms with van der Waals surface area (Å²) in [6, 6.07) is 2.90.